The van der Waals surface area contributed by atoms with Crippen molar-refractivity contribution >= 4 is 29.5 Å². The lowest BCUT2D eigenvalue weighted by molar-refractivity contribution is -0.168. The Bertz CT molecular complexity index is 763. The number of likely N-dealkylation sites (N-methyl/N-ethyl adjacent to an activating group) is 1. The predicted molar refractivity (Wildman–Crippen MR) is 83.6 cm³/mol. The van der Waals surface area contributed by atoms with Crippen LogP contribution in [0, 0.1) is 0 Å². The summed E-state index contributed by atoms with van der Waals surface area (Å²) in [4.78, 5) is 54.6. The van der Waals surface area contributed by atoms with Crippen molar-refractivity contribution in [3.05, 3.63) is 35.9 Å². The zero-order valence-electron chi connectivity index (χ0n) is 13.7. The molecule has 2 rings (SSSR count). The third-order valence-corrected chi connectivity index (χ3v) is 3.75. The molecule has 1 atom stereocenters. The molecule has 0 aromatic heterocycles. The molecule has 10 heteroatoms. The molecule has 2 N–H and O–H groups in total. The third-order valence-electron chi connectivity index (χ3n) is 3.75. The zero-order chi connectivity index (χ0) is 18.8. The first-order chi connectivity index (χ1) is 11.8. The van der Waals surface area contributed by atoms with Gasteiger partial charge in [0.25, 0.3) is 23.3 Å². The highest BCUT2D eigenvalue weighted by molar-refractivity contribution is 6.36. The van der Waals surface area contributed by atoms with Crippen molar-refractivity contribution in [3.8, 4) is 0 Å². The molecule has 1 aromatic carbocycles. The SMILES string of the molecule is CO/N=C(\C)C1(N(O)C(=O)c2ccccc2)C(=O)NC(=O)N(C)C1=O. The molecule has 25 heavy (non-hydrogen) atoms. The Morgan fingerprint density at radius 3 is 2.44 bits per heavy atom. The molecule has 1 aliphatic heterocycles. The number of barbiturate groups is 1. The Morgan fingerprint density at radius 1 is 1.28 bits per heavy atom. The summed E-state index contributed by atoms with van der Waals surface area (Å²) in [5, 5.41) is 15.9. The predicted octanol–water partition coefficient (Wildman–Crippen LogP) is -0.0127. The smallest absolute Gasteiger partial charge is 0.330 e. The maximum absolute atomic E-state index is 12.7. The van der Waals surface area contributed by atoms with Gasteiger partial charge in [-0.2, -0.15) is 5.06 Å². The molecular weight excluding hydrogens is 332 g/mol. The standard InChI is InChI=1S/C15H16N4O6/c1-9(17-25-3)15(12(21)16-14(23)18(2)13(15)22)19(24)11(20)10-7-5-4-6-8-10/h4-8,24H,1-3H3,(H,16,21,23)/b17-9+. The van der Waals surface area contributed by atoms with Gasteiger partial charge in [-0.3, -0.25) is 29.8 Å². The van der Waals surface area contributed by atoms with Crippen LogP contribution >= 0.6 is 0 Å². The summed E-state index contributed by atoms with van der Waals surface area (Å²) in [6.07, 6.45) is 0. The van der Waals surface area contributed by atoms with E-state index >= 15 is 0 Å². The van der Waals surface area contributed by atoms with Crippen molar-refractivity contribution in [2.45, 2.75) is 12.5 Å². The van der Waals surface area contributed by atoms with E-state index in [0.29, 0.717) is 4.90 Å². The van der Waals surface area contributed by atoms with E-state index in [0.717, 1.165) is 14.2 Å². The molecular formula is C15H16N4O6. The van der Waals surface area contributed by atoms with Crippen LogP contribution in [0.15, 0.2) is 35.5 Å². The number of hydrogen-bond donors (Lipinski definition) is 2. The molecule has 0 saturated carbocycles. The second-order valence-corrected chi connectivity index (χ2v) is 5.18. The van der Waals surface area contributed by atoms with Crippen molar-refractivity contribution < 1.29 is 29.2 Å². The molecule has 132 valence electrons. The monoisotopic (exact) mass is 348 g/mol. The van der Waals surface area contributed by atoms with Gasteiger partial charge >= 0.3 is 6.03 Å². The number of nitrogens with zero attached hydrogens (tertiary/aromatic N) is 3. The van der Waals surface area contributed by atoms with Crippen molar-refractivity contribution in [2.24, 2.45) is 5.16 Å². The Labute approximate surface area is 142 Å². The lowest BCUT2D eigenvalue weighted by Gasteiger charge is -2.41. The second kappa shape index (κ2) is 6.69. The number of carbonyl (C=O) groups is 4. The first-order valence-corrected chi connectivity index (χ1v) is 7.08. The van der Waals surface area contributed by atoms with Gasteiger partial charge in [-0.1, -0.05) is 23.4 Å². The van der Waals surface area contributed by atoms with Gasteiger partial charge in [0.15, 0.2) is 0 Å². The van der Waals surface area contributed by atoms with E-state index in [9.17, 15) is 24.4 Å². The molecule has 10 nitrogen and oxygen atoms in total. The lowest BCUT2D eigenvalue weighted by atomic mass is 9.88. The Kier molecular flexibility index (Phi) is 4.84. The Morgan fingerprint density at radius 2 is 1.88 bits per heavy atom. The van der Waals surface area contributed by atoms with Gasteiger partial charge in [-0.15, -0.1) is 0 Å². The lowest BCUT2D eigenvalue weighted by Crippen LogP contribution is -2.76. The normalized spacial score (nSPS) is 21.0. The fraction of sp³-hybridized carbons (Fsp3) is 0.267. The number of carbonyl (C=O) groups excluding carboxylic acids is 4. The number of hydrogen-bond acceptors (Lipinski definition) is 7. The van der Waals surface area contributed by atoms with Gasteiger partial charge in [-0.05, 0) is 19.1 Å². The number of imide groups is 2. The van der Waals surface area contributed by atoms with Crippen molar-refractivity contribution in [3.63, 3.8) is 0 Å². The summed E-state index contributed by atoms with van der Waals surface area (Å²) in [5.74, 6) is -3.39. The molecule has 1 unspecified atom stereocenters. The van der Waals surface area contributed by atoms with Crippen LogP contribution < -0.4 is 5.32 Å². The molecule has 0 aliphatic carbocycles. The number of urea groups is 1. The van der Waals surface area contributed by atoms with Crippen molar-refractivity contribution in [2.75, 3.05) is 14.2 Å². The number of benzene rings is 1. The topological polar surface area (TPSA) is 129 Å². The van der Waals surface area contributed by atoms with Crippen LogP contribution in [0.1, 0.15) is 17.3 Å². The quantitative estimate of drug-likeness (QED) is 0.341. The molecule has 1 aromatic rings. The number of hydroxylamine groups is 2. The van der Waals surface area contributed by atoms with Crippen LogP contribution in [0.2, 0.25) is 0 Å². The van der Waals surface area contributed by atoms with Gasteiger partial charge in [-0.25, -0.2) is 4.79 Å². The van der Waals surface area contributed by atoms with E-state index in [1.54, 1.807) is 18.2 Å². The van der Waals surface area contributed by atoms with Crippen LogP contribution in [0.4, 0.5) is 4.79 Å². The summed E-state index contributed by atoms with van der Waals surface area (Å²) < 4.78 is 0. The highest BCUT2D eigenvalue weighted by atomic mass is 16.6. The highest BCUT2D eigenvalue weighted by Crippen LogP contribution is 2.25. The van der Waals surface area contributed by atoms with E-state index < -0.39 is 29.3 Å². The Hall–Kier alpha value is -3.27. The van der Waals surface area contributed by atoms with E-state index in [4.69, 9.17) is 0 Å². The van der Waals surface area contributed by atoms with Crippen LogP contribution in [0.25, 0.3) is 0 Å². The van der Waals surface area contributed by atoms with Gasteiger partial charge < -0.3 is 4.84 Å². The fourth-order valence-electron chi connectivity index (χ4n) is 2.42. The van der Waals surface area contributed by atoms with Crippen LogP contribution in [-0.2, 0) is 14.4 Å². The van der Waals surface area contributed by atoms with Gasteiger partial charge in [0.05, 0.1) is 0 Å². The molecule has 1 aliphatic rings. The maximum Gasteiger partial charge on any atom is 0.330 e. The maximum atomic E-state index is 12.7. The number of oxime groups is 1. The molecule has 1 heterocycles. The van der Waals surface area contributed by atoms with Gasteiger partial charge in [0, 0.05) is 12.6 Å². The summed E-state index contributed by atoms with van der Waals surface area (Å²) >= 11 is 0. The molecule has 5 amide bonds. The van der Waals surface area contributed by atoms with Crippen LogP contribution in [-0.4, -0.2) is 64.3 Å². The minimum Gasteiger partial charge on any atom is -0.399 e. The zero-order valence-corrected chi connectivity index (χ0v) is 13.7. The first kappa shape index (κ1) is 18.1. The largest absolute Gasteiger partial charge is 0.399 e. The number of amides is 5. The second-order valence-electron chi connectivity index (χ2n) is 5.18. The molecule has 0 bridgehead atoms. The van der Waals surface area contributed by atoms with E-state index in [1.165, 1.54) is 19.1 Å². The van der Waals surface area contributed by atoms with Crippen molar-refractivity contribution in [1.29, 1.82) is 0 Å². The molecule has 1 fully saturated rings. The third kappa shape index (κ3) is 2.72. The van der Waals surface area contributed by atoms with Gasteiger partial charge in [0.1, 0.15) is 12.8 Å². The average Bonchev–Trinajstić information content (AvgIpc) is 2.60. The van der Waals surface area contributed by atoms with Gasteiger partial charge in [0.2, 0.25) is 0 Å². The fourth-order valence-corrected chi connectivity index (χ4v) is 2.42. The van der Waals surface area contributed by atoms with E-state index in [2.05, 4.69) is 9.99 Å². The van der Waals surface area contributed by atoms with Crippen LogP contribution in [0.5, 0.6) is 0 Å². The highest BCUT2D eigenvalue weighted by Gasteiger charge is 2.61. The minimum atomic E-state index is -2.58. The minimum absolute atomic E-state index is 0.0229. The summed E-state index contributed by atoms with van der Waals surface area (Å²) in [7, 11) is 2.26. The van der Waals surface area contributed by atoms with Crippen molar-refractivity contribution in [1.82, 2.24) is 15.3 Å². The average molecular weight is 348 g/mol. The van der Waals surface area contributed by atoms with Crippen LogP contribution in [0.3, 0.4) is 0 Å². The Balaban J connectivity index is 2.62. The molecule has 1 saturated heterocycles. The molecule has 0 radical (unpaired) electrons. The summed E-state index contributed by atoms with van der Waals surface area (Å²) in [5.41, 5.74) is -2.88. The number of nitrogens with one attached hydrogen (secondary N) is 1. The van der Waals surface area contributed by atoms with E-state index in [1.807, 2.05) is 5.32 Å². The summed E-state index contributed by atoms with van der Waals surface area (Å²) in [6, 6.07) is 6.53. The number of rotatable bonds is 4. The molecule has 0 spiro atoms. The van der Waals surface area contributed by atoms with E-state index in [-0.39, 0.29) is 16.3 Å². The first-order valence-electron chi connectivity index (χ1n) is 7.08. The summed E-state index contributed by atoms with van der Waals surface area (Å²) in [6.45, 7) is 1.21.